The zero-order chi connectivity index (χ0) is 14.3. The fourth-order valence-corrected chi connectivity index (χ4v) is 2.18. The number of phenolic OH excluding ortho intramolecular Hbond substituents is 1. The molecule has 1 rings (SSSR count). The Balaban J connectivity index is 2.23. The van der Waals surface area contributed by atoms with Crippen molar-refractivity contribution >= 4 is 23.2 Å². The van der Waals surface area contributed by atoms with Gasteiger partial charge in [-0.3, -0.25) is 0 Å². The Labute approximate surface area is 124 Å². The molecule has 0 atom stereocenters. The number of benzene rings is 1. The average molecular weight is 306 g/mol. The maximum absolute atomic E-state index is 9.77. The van der Waals surface area contributed by atoms with Crippen LogP contribution in [0.2, 0.25) is 10.0 Å². The van der Waals surface area contributed by atoms with Crippen molar-refractivity contribution in [1.29, 1.82) is 0 Å². The van der Waals surface area contributed by atoms with E-state index in [1.807, 2.05) is 13.8 Å². The van der Waals surface area contributed by atoms with E-state index in [4.69, 9.17) is 27.9 Å². The molecule has 3 nitrogen and oxygen atoms in total. The van der Waals surface area contributed by atoms with Crippen LogP contribution in [0.4, 0.5) is 0 Å². The van der Waals surface area contributed by atoms with E-state index in [1.54, 1.807) is 6.07 Å². The van der Waals surface area contributed by atoms with Gasteiger partial charge in [-0.05, 0) is 45.4 Å². The van der Waals surface area contributed by atoms with Crippen LogP contribution in [0, 0.1) is 0 Å². The van der Waals surface area contributed by atoms with Crippen molar-refractivity contribution in [2.24, 2.45) is 0 Å². The van der Waals surface area contributed by atoms with Crippen molar-refractivity contribution < 1.29 is 9.84 Å². The predicted octanol–water partition coefficient (Wildman–Crippen LogP) is 3.99. The zero-order valence-electron chi connectivity index (χ0n) is 11.4. The molecule has 19 heavy (non-hydrogen) atoms. The quantitative estimate of drug-likeness (QED) is 0.713. The summed E-state index contributed by atoms with van der Waals surface area (Å²) in [6.07, 6.45) is 2.34. The van der Waals surface area contributed by atoms with Crippen LogP contribution in [0.5, 0.6) is 5.75 Å². The molecule has 1 aromatic rings. The highest BCUT2D eigenvalue weighted by atomic mass is 35.5. The van der Waals surface area contributed by atoms with Crippen molar-refractivity contribution in [2.45, 2.75) is 39.3 Å². The molecular weight excluding hydrogens is 285 g/mol. The van der Waals surface area contributed by atoms with Crippen molar-refractivity contribution in [2.75, 3.05) is 13.2 Å². The highest BCUT2D eigenvalue weighted by molar-refractivity contribution is 6.35. The molecule has 2 N–H and O–H groups in total. The Morgan fingerprint density at radius 2 is 2.00 bits per heavy atom. The first-order chi connectivity index (χ1) is 9.00. The molecule has 0 aromatic heterocycles. The Bertz CT molecular complexity index is 397. The van der Waals surface area contributed by atoms with Crippen molar-refractivity contribution in [3.8, 4) is 5.75 Å². The molecule has 0 aliphatic carbocycles. The predicted molar refractivity (Wildman–Crippen MR) is 80.2 cm³/mol. The van der Waals surface area contributed by atoms with Crippen LogP contribution in [0.15, 0.2) is 12.1 Å². The standard InChI is InChI=1S/C14H21Cl2NO2/c1-10(2)19-6-4-3-5-17-9-11-7-12(15)8-13(16)14(11)18/h7-8,10,17-18H,3-6,9H2,1-2H3. The minimum Gasteiger partial charge on any atom is -0.506 e. The highest BCUT2D eigenvalue weighted by Gasteiger charge is 2.07. The van der Waals surface area contributed by atoms with Gasteiger partial charge in [0.1, 0.15) is 5.75 Å². The van der Waals surface area contributed by atoms with Gasteiger partial charge >= 0.3 is 0 Å². The molecular formula is C14H21Cl2NO2. The van der Waals surface area contributed by atoms with E-state index < -0.39 is 0 Å². The molecule has 108 valence electrons. The number of hydrogen-bond acceptors (Lipinski definition) is 3. The van der Waals surface area contributed by atoms with Gasteiger partial charge in [-0.25, -0.2) is 0 Å². The third-order valence-electron chi connectivity index (χ3n) is 2.62. The maximum atomic E-state index is 9.77. The smallest absolute Gasteiger partial charge is 0.138 e. The van der Waals surface area contributed by atoms with Crippen LogP contribution >= 0.6 is 23.2 Å². The summed E-state index contributed by atoms with van der Waals surface area (Å²) in [5, 5.41) is 13.8. The lowest BCUT2D eigenvalue weighted by Gasteiger charge is -2.09. The van der Waals surface area contributed by atoms with Crippen LogP contribution < -0.4 is 5.32 Å². The largest absolute Gasteiger partial charge is 0.506 e. The number of nitrogens with one attached hydrogen (secondary N) is 1. The first-order valence-electron chi connectivity index (χ1n) is 6.50. The summed E-state index contributed by atoms with van der Waals surface area (Å²) in [5.41, 5.74) is 0.718. The molecule has 0 radical (unpaired) electrons. The summed E-state index contributed by atoms with van der Waals surface area (Å²) in [4.78, 5) is 0. The number of hydrogen-bond donors (Lipinski definition) is 2. The van der Waals surface area contributed by atoms with E-state index in [0.717, 1.165) is 31.6 Å². The molecule has 0 saturated heterocycles. The Morgan fingerprint density at radius 1 is 1.26 bits per heavy atom. The van der Waals surface area contributed by atoms with Gasteiger partial charge < -0.3 is 15.2 Å². The fourth-order valence-electron chi connectivity index (χ4n) is 1.65. The van der Waals surface area contributed by atoms with Crippen molar-refractivity contribution in [3.63, 3.8) is 0 Å². The third-order valence-corrected chi connectivity index (χ3v) is 3.13. The second-order valence-electron chi connectivity index (χ2n) is 4.70. The maximum Gasteiger partial charge on any atom is 0.138 e. The Morgan fingerprint density at radius 3 is 2.68 bits per heavy atom. The van der Waals surface area contributed by atoms with E-state index in [0.29, 0.717) is 17.7 Å². The normalized spacial score (nSPS) is 11.2. The summed E-state index contributed by atoms with van der Waals surface area (Å²) >= 11 is 11.7. The lowest BCUT2D eigenvalue weighted by molar-refractivity contribution is 0.0760. The van der Waals surface area contributed by atoms with Crippen molar-refractivity contribution in [1.82, 2.24) is 5.32 Å². The summed E-state index contributed by atoms with van der Waals surface area (Å²) in [7, 11) is 0. The van der Waals surface area contributed by atoms with Crippen LogP contribution in [0.1, 0.15) is 32.3 Å². The molecule has 0 amide bonds. The molecule has 0 aliphatic rings. The van der Waals surface area contributed by atoms with Crippen LogP contribution in [-0.4, -0.2) is 24.4 Å². The van der Waals surface area contributed by atoms with Crippen LogP contribution in [0.3, 0.4) is 0 Å². The van der Waals surface area contributed by atoms with E-state index in [-0.39, 0.29) is 10.8 Å². The number of halogens is 2. The van der Waals surface area contributed by atoms with Gasteiger partial charge in [-0.1, -0.05) is 23.2 Å². The monoisotopic (exact) mass is 305 g/mol. The SMILES string of the molecule is CC(C)OCCCCNCc1cc(Cl)cc(Cl)c1O. The minimum atomic E-state index is 0.0988. The summed E-state index contributed by atoms with van der Waals surface area (Å²) < 4.78 is 5.45. The molecule has 0 bridgehead atoms. The summed E-state index contributed by atoms with van der Waals surface area (Å²) in [6.45, 7) is 6.27. The molecule has 1 aromatic carbocycles. The van der Waals surface area contributed by atoms with E-state index in [9.17, 15) is 5.11 Å². The van der Waals surface area contributed by atoms with Crippen LogP contribution in [-0.2, 0) is 11.3 Å². The molecule has 0 heterocycles. The highest BCUT2D eigenvalue weighted by Crippen LogP contribution is 2.30. The van der Waals surface area contributed by atoms with Gasteiger partial charge in [-0.15, -0.1) is 0 Å². The minimum absolute atomic E-state index is 0.0988. The Hall–Kier alpha value is -0.480. The number of phenols is 1. The fraction of sp³-hybridized carbons (Fsp3) is 0.571. The van der Waals surface area contributed by atoms with E-state index in [2.05, 4.69) is 5.32 Å². The molecule has 0 fully saturated rings. The van der Waals surface area contributed by atoms with Gasteiger partial charge in [0.05, 0.1) is 11.1 Å². The van der Waals surface area contributed by atoms with Gasteiger partial charge in [0, 0.05) is 23.7 Å². The van der Waals surface area contributed by atoms with Gasteiger partial charge in [-0.2, -0.15) is 0 Å². The molecule has 5 heteroatoms. The van der Waals surface area contributed by atoms with E-state index in [1.165, 1.54) is 6.07 Å². The zero-order valence-corrected chi connectivity index (χ0v) is 12.9. The Kier molecular flexibility index (Phi) is 7.54. The van der Waals surface area contributed by atoms with Gasteiger partial charge in [0.25, 0.3) is 0 Å². The first kappa shape index (κ1) is 16.6. The number of aromatic hydroxyl groups is 1. The lowest BCUT2D eigenvalue weighted by Crippen LogP contribution is -2.15. The number of unbranched alkanes of at least 4 members (excludes halogenated alkanes) is 1. The topological polar surface area (TPSA) is 41.5 Å². The summed E-state index contributed by atoms with van der Waals surface area (Å²) in [5.74, 6) is 0.0988. The van der Waals surface area contributed by atoms with E-state index >= 15 is 0 Å². The summed E-state index contributed by atoms with van der Waals surface area (Å²) in [6, 6.07) is 3.25. The molecule has 0 spiro atoms. The molecule has 0 saturated carbocycles. The first-order valence-corrected chi connectivity index (χ1v) is 7.25. The molecule has 0 aliphatic heterocycles. The average Bonchev–Trinajstić information content (AvgIpc) is 2.33. The third kappa shape index (κ3) is 6.48. The van der Waals surface area contributed by atoms with Crippen molar-refractivity contribution in [3.05, 3.63) is 27.7 Å². The molecule has 0 unspecified atom stereocenters. The lowest BCUT2D eigenvalue weighted by atomic mass is 10.2. The number of ether oxygens (including phenoxy) is 1. The van der Waals surface area contributed by atoms with Crippen LogP contribution in [0.25, 0.3) is 0 Å². The second kappa shape index (κ2) is 8.64. The number of rotatable bonds is 8. The van der Waals surface area contributed by atoms with Gasteiger partial charge in [0.15, 0.2) is 0 Å². The van der Waals surface area contributed by atoms with Gasteiger partial charge in [0.2, 0.25) is 0 Å². The second-order valence-corrected chi connectivity index (χ2v) is 5.54.